The number of hydrogen-bond acceptors (Lipinski definition) is 7. The molecule has 1 N–H and O–H groups in total. The number of ether oxygens (including phenoxy) is 5. The predicted octanol–water partition coefficient (Wildman–Crippen LogP) is 6.29. The van der Waals surface area contributed by atoms with E-state index in [1.165, 1.54) is 0 Å². The fourth-order valence-electron chi connectivity index (χ4n) is 4.15. The Bertz CT molecular complexity index is 1440. The second-order valence-electron chi connectivity index (χ2n) is 9.38. The van der Waals surface area contributed by atoms with Gasteiger partial charge in [0.25, 0.3) is 0 Å². The van der Waals surface area contributed by atoms with Gasteiger partial charge in [0.05, 0.1) is 20.1 Å². The van der Waals surface area contributed by atoms with Crippen molar-refractivity contribution in [2.24, 2.45) is 0 Å². The molecule has 4 aromatic rings. The van der Waals surface area contributed by atoms with Gasteiger partial charge in [0.15, 0.2) is 23.0 Å². The second kappa shape index (κ2) is 15.7. The molecular weight excluding hydrogens is 534 g/mol. The van der Waals surface area contributed by atoms with E-state index < -0.39 is 6.16 Å². The van der Waals surface area contributed by atoms with Gasteiger partial charge in [0.1, 0.15) is 13.2 Å². The first-order valence-electron chi connectivity index (χ1n) is 13.8. The van der Waals surface area contributed by atoms with Crippen LogP contribution >= 0.6 is 0 Å². The Labute approximate surface area is 246 Å². The summed E-state index contributed by atoms with van der Waals surface area (Å²) < 4.78 is 27.6. The first-order chi connectivity index (χ1) is 20.5. The number of hydrogen-bond donors (Lipinski definition) is 1. The van der Waals surface area contributed by atoms with Crippen LogP contribution in [0.5, 0.6) is 23.0 Å². The minimum atomic E-state index is -0.837. The second-order valence-corrected chi connectivity index (χ2v) is 9.38. The van der Waals surface area contributed by atoms with Gasteiger partial charge in [-0.05, 0) is 59.9 Å². The lowest BCUT2D eigenvalue weighted by Gasteiger charge is -2.14. The molecule has 0 atom stereocenters. The van der Waals surface area contributed by atoms with Crippen LogP contribution in [0.15, 0.2) is 97.1 Å². The lowest BCUT2D eigenvalue weighted by molar-refractivity contribution is -0.120. The Hall–Kier alpha value is -4.98. The van der Waals surface area contributed by atoms with Crippen molar-refractivity contribution in [3.05, 3.63) is 119 Å². The zero-order chi connectivity index (χ0) is 29.6. The molecule has 0 heterocycles. The molecule has 0 saturated heterocycles. The minimum absolute atomic E-state index is 0.105. The van der Waals surface area contributed by atoms with E-state index in [-0.39, 0.29) is 24.7 Å². The SMILES string of the molecule is CCOC(=O)Oc1cc(CC(=O)NCCc2ccc(OCc3ccccc3)c(OC)c2)ccc1OCc1ccccc1. The maximum absolute atomic E-state index is 12.7. The van der Waals surface area contributed by atoms with Crippen molar-refractivity contribution in [3.8, 4) is 23.0 Å². The topological polar surface area (TPSA) is 92.3 Å². The molecular formula is C34H35NO7. The molecule has 0 spiro atoms. The summed E-state index contributed by atoms with van der Waals surface area (Å²) >= 11 is 0. The Morgan fingerprint density at radius 2 is 1.24 bits per heavy atom. The summed E-state index contributed by atoms with van der Waals surface area (Å²) in [4.78, 5) is 24.7. The Morgan fingerprint density at radius 3 is 1.83 bits per heavy atom. The summed E-state index contributed by atoms with van der Waals surface area (Å²) in [5.41, 5.74) is 3.71. The first-order valence-corrected chi connectivity index (χ1v) is 13.8. The third-order valence-corrected chi connectivity index (χ3v) is 6.27. The van der Waals surface area contributed by atoms with E-state index in [0.717, 1.165) is 16.7 Å². The van der Waals surface area contributed by atoms with Gasteiger partial charge in [0.2, 0.25) is 5.91 Å². The number of nitrogens with one attached hydrogen (secondary N) is 1. The molecule has 0 unspecified atom stereocenters. The van der Waals surface area contributed by atoms with E-state index in [9.17, 15) is 9.59 Å². The van der Waals surface area contributed by atoms with Crippen LogP contribution in [-0.4, -0.2) is 32.3 Å². The van der Waals surface area contributed by atoms with Crippen molar-refractivity contribution in [3.63, 3.8) is 0 Å². The summed E-state index contributed by atoms with van der Waals surface area (Å²) in [6.07, 6.45) is -0.117. The molecule has 4 rings (SSSR count). The van der Waals surface area contributed by atoms with E-state index in [1.807, 2.05) is 78.9 Å². The number of carbonyl (C=O) groups is 2. The molecule has 0 aliphatic carbocycles. The number of benzene rings is 4. The maximum atomic E-state index is 12.7. The molecule has 0 aliphatic heterocycles. The maximum Gasteiger partial charge on any atom is 0.513 e. The highest BCUT2D eigenvalue weighted by atomic mass is 16.7. The van der Waals surface area contributed by atoms with Crippen LogP contribution in [0.3, 0.4) is 0 Å². The average Bonchev–Trinajstić information content (AvgIpc) is 3.01. The monoisotopic (exact) mass is 569 g/mol. The van der Waals surface area contributed by atoms with E-state index >= 15 is 0 Å². The van der Waals surface area contributed by atoms with Crippen LogP contribution in [-0.2, 0) is 35.6 Å². The summed E-state index contributed by atoms with van der Waals surface area (Å²) in [6, 6.07) is 30.4. The average molecular weight is 570 g/mol. The summed E-state index contributed by atoms with van der Waals surface area (Å²) in [6.45, 7) is 3.05. The highest BCUT2D eigenvalue weighted by Crippen LogP contribution is 2.31. The van der Waals surface area contributed by atoms with Gasteiger partial charge in [-0.2, -0.15) is 0 Å². The number of carbonyl (C=O) groups excluding carboxylic acids is 2. The Balaban J connectivity index is 1.31. The predicted molar refractivity (Wildman–Crippen MR) is 159 cm³/mol. The molecule has 1 amide bonds. The van der Waals surface area contributed by atoms with Crippen LogP contribution in [0.25, 0.3) is 0 Å². The standard InChI is InChI=1S/C34H35NO7/c1-3-39-34(37)42-32-21-28(15-17-30(32)41-24-27-12-8-5-9-13-27)22-33(36)35-19-18-25-14-16-29(31(20-25)38-2)40-23-26-10-6-4-7-11-26/h4-17,20-21H,3,18-19,22-24H2,1-2H3,(H,35,36). The lowest BCUT2D eigenvalue weighted by Crippen LogP contribution is -2.27. The lowest BCUT2D eigenvalue weighted by atomic mass is 10.1. The summed E-state index contributed by atoms with van der Waals surface area (Å²) in [5, 5.41) is 2.95. The van der Waals surface area contributed by atoms with E-state index in [4.69, 9.17) is 23.7 Å². The van der Waals surface area contributed by atoms with Crippen molar-refractivity contribution in [1.29, 1.82) is 0 Å². The largest absolute Gasteiger partial charge is 0.513 e. The van der Waals surface area contributed by atoms with Gasteiger partial charge in [-0.3, -0.25) is 4.79 Å². The quantitative estimate of drug-likeness (QED) is 0.141. The van der Waals surface area contributed by atoms with Crippen molar-refractivity contribution < 1.29 is 33.3 Å². The number of methoxy groups -OCH3 is 1. The van der Waals surface area contributed by atoms with Crippen LogP contribution in [0, 0.1) is 0 Å². The fourth-order valence-corrected chi connectivity index (χ4v) is 4.15. The molecule has 0 fully saturated rings. The van der Waals surface area contributed by atoms with Crippen molar-refractivity contribution in [2.75, 3.05) is 20.3 Å². The molecule has 0 saturated carbocycles. The molecule has 218 valence electrons. The summed E-state index contributed by atoms with van der Waals surface area (Å²) in [5.74, 6) is 1.70. The van der Waals surface area contributed by atoms with Crippen LogP contribution < -0.4 is 24.3 Å². The minimum Gasteiger partial charge on any atom is -0.493 e. The van der Waals surface area contributed by atoms with E-state index in [2.05, 4.69) is 5.32 Å². The highest BCUT2D eigenvalue weighted by Gasteiger charge is 2.15. The molecule has 0 aromatic heterocycles. The van der Waals surface area contributed by atoms with Crippen molar-refractivity contribution >= 4 is 12.1 Å². The van der Waals surface area contributed by atoms with Crippen molar-refractivity contribution in [2.45, 2.75) is 33.0 Å². The van der Waals surface area contributed by atoms with Gasteiger partial charge < -0.3 is 29.0 Å². The van der Waals surface area contributed by atoms with Gasteiger partial charge in [0, 0.05) is 6.54 Å². The molecule has 42 heavy (non-hydrogen) atoms. The molecule has 8 nitrogen and oxygen atoms in total. The fraction of sp³-hybridized carbons (Fsp3) is 0.235. The highest BCUT2D eigenvalue weighted by molar-refractivity contribution is 5.79. The molecule has 4 aromatic carbocycles. The molecule has 8 heteroatoms. The number of rotatable bonds is 14. The van der Waals surface area contributed by atoms with Gasteiger partial charge >= 0.3 is 6.16 Å². The van der Waals surface area contributed by atoms with Crippen LogP contribution in [0.2, 0.25) is 0 Å². The van der Waals surface area contributed by atoms with Gasteiger partial charge in [-0.1, -0.05) is 72.8 Å². The number of amides is 1. The zero-order valence-corrected chi connectivity index (χ0v) is 23.8. The normalized spacial score (nSPS) is 10.4. The molecule has 0 bridgehead atoms. The zero-order valence-electron chi connectivity index (χ0n) is 23.8. The van der Waals surface area contributed by atoms with Gasteiger partial charge in [-0.25, -0.2) is 4.79 Å². The van der Waals surface area contributed by atoms with Crippen LogP contribution in [0.1, 0.15) is 29.2 Å². The van der Waals surface area contributed by atoms with E-state index in [0.29, 0.717) is 49.0 Å². The molecule has 0 radical (unpaired) electrons. The Morgan fingerprint density at radius 1 is 0.667 bits per heavy atom. The smallest absolute Gasteiger partial charge is 0.493 e. The van der Waals surface area contributed by atoms with E-state index in [1.54, 1.807) is 32.2 Å². The first kappa shape index (κ1) is 30.0. The van der Waals surface area contributed by atoms with Crippen molar-refractivity contribution in [1.82, 2.24) is 5.32 Å². The third-order valence-electron chi connectivity index (χ3n) is 6.27. The molecule has 0 aliphatic rings. The van der Waals surface area contributed by atoms with Gasteiger partial charge in [-0.15, -0.1) is 0 Å². The summed E-state index contributed by atoms with van der Waals surface area (Å²) in [7, 11) is 1.61. The van der Waals surface area contributed by atoms with Crippen LogP contribution in [0.4, 0.5) is 4.79 Å². The third kappa shape index (κ3) is 9.30. The Kier molecular flexibility index (Phi) is 11.2.